The minimum atomic E-state index is -0.228. The van der Waals surface area contributed by atoms with Crippen molar-refractivity contribution in [3.8, 4) is 0 Å². The Hall–Kier alpha value is -0.710. The van der Waals surface area contributed by atoms with Crippen molar-refractivity contribution in [2.24, 2.45) is 10.9 Å². The number of carbonyl (C=O) groups is 1. The van der Waals surface area contributed by atoms with Crippen LogP contribution in [0.25, 0.3) is 0 Å². The fraction of sp³-hybridized carbons (Fsp3) is 0.857. The van der Waals surface area contributed by atoms with Gasteiger partial charge in [-0.1, -0.05) is 38.5 Å². The Morgan fingerprint density at radius 1 is 1.37 bits per heavy atom. The summed E-state index contributed by atoms with van der Waals surface area (Å²) < 4.78 is 0. The fourth-order valence-electron chi connectivity index (χ4n) is 2.19. The van der Waals surface area contributed by atoms with Crippen LogP contribution in [-0.2, 0) is 4.79 Å². The third-order valence-corrected chi connectivity index (χ3v) is 4.72. The molecule has 5 heteroatoms. The first-order chi connectivity index (χ1) is 8.97. The van der Waals surface area contributed by atoms with Crippen molar-refractivity contribution in [2.75, 3.05) is 6.54 Å². The molecule has 0 aromatic rings. The van der Waals surface area contributed by atoms with E-state index in [2.05, 4.69) is 29.5 Å². The highest BCUT2D eigenvalue weighted by molar-refractivity contribution is 8.14. The molecule has 2 N–H and O–H groups in total. The zero-order valence-electron chi connectivity index (χ0n) is 12.7. The van der Waals surface area contributed by atoms with Crippen LogP contribution in [0.2, 0.25) is 0 Å². The van der Waals surface area contributed by atoms with E-state index in [4.69, 9.17) is 0 Å². The van der Waals surface area contributed by atoms with Crippen LogP contribution >= 0.6 is 11.8 Å². The number of amidine groups is 1. The van der Waals surface area contributed by atoms with E-state index in [-0.39, 0.29) is 18.0 Å². The number of nitrogens with one attached hydrogen (secondary N) is 2. The van der Waals surface area contributed by atoms with Crippen LogP contribution in [0.4, 0.5) is 0 Å². The molecule has 0 bridgehead atoms. The van der Waals surface area contributed by atoms with Gasteiger partial charge in [-0.05, 0) is 26.7 Å². The molecule has 1 aliphatic heterocycles. The van der Waals surface area contributed by atoms with Crippen molar-refractivity contribution >= 4 is 22.8 Å². The van der Waals surface area contributed by atoms with E-state index >= 15 is 0 Å². The van der Waals surface area contributed by atoms with Crippen molar-refractivity contribution in [2.45, 2.75) is 64.8 Å². The van der Waals surface area contributed by atoms with Gasteiger partial charge in [0.25, 0.3) is 0 Å². The highest BCUT2D eigenvalue weighted by atomic mass is 32.2. The lowest BCUT2D eigenvalue weighted by Crippen LogP contribution is -2.46. The molecule has 110 valence electrons. The first kappa shape index (κ1) is 16.3. The van der Waals surface area contributed by atoms with E-state index < -0.39 is 0 Å². The summed E-state index contributed by atoms with van der Waals surface area (Å²) >= 11 is 1.79. The van der Waals surface area contributed by atoms with Gasteiger partial charge in [-0.15, -0.1) is 0 Å². The maximum Gasteiger partial charge on any atom is 0.242 e. The average molecular weight is 285 g/mol. The van der Waals surface area contributed by atoms with Crippen molar-refractivity contribution in [1.29, 1.82) is 0 Å². The largest absolute Gasteiger partial charge is 0.353 e. The Labute approximate surface area is 121 Å². The van der Waals surface area contributed by atoms with Gasteiger partial charge in [-0.2, -0.15) is 0 Å². The van der Waals surface area contributed by atoms with Crippen LogP contribution in [-0.4, -0.2) is 35.0 Å². The molecular formula is C14H27N3OS. The van der Waals surface area contributed by atoms with Crippen LogP contribution in [0.3, 0.4) is 0 Å². The molecule has 0 saturated carbocycles. The number of nitrogens with zero attached hydrogens (tertiary/aromatic N) is 1. The molecule has 2 atom stereocenters. The molecule has 4 nitrogen and oxygen atoms in total. The first-order valence-corrected chi connectivity index (χ1v) is 8.13. The number of carbonyl (C=O) groups excluding carboxylic acids is 1. The van der Waals surface area contributed by atoms with Gasteiger partial charge in [-0.25, -0.2) is 0 Å². The van der Waals surface area contributed by atoms with Crippen molar-refractivity contribution in [3.05, 3.63) is 0 Å². The minimum absolute atomic E-state index is 0.0317. The van der Waals surface area contributed by atoms with Crippen molar-refractivity contribution in [3.63, 3.8) is 0 Å². The third-order valence-electron chi connectivity index (χ3n) is 3.42. The molecule has 0 aromatic heterocycles. The van der Waals surface area contributed by atoms with Gasteiger partial charge in [0.2, 0.25) is 5.91 Å². The van der Waals surface area contributed by atoms with Crippen molar-refractivity contribution in [1.82, 2.24) is 10.6 Å². The number of aliphatic imine (C=N–C) groups is 1. The molecule has 0 radical (unpaired) electrons. The molecule has 0 fully saturated rings. The lowest BCUT2D eigenvalue weighted by Gasteiger charge is -2.20. The van der Waals surface area contributed by atoms with Gasteiger partial charge in [0.15, 0.2) is 5.17 Å². The maximum absolute atomic E-state index is 11.8. The molecule has 0 saturated heterocycles. The first-order valence-electron chi connectivity index (χ1n) is 7.25. The number of rotatable bonds is 6. The van der Waals surface area contributed by atoms with Gasteiger partial charge in [-0.3, -0.25) is 9.79 Å². The normalized spacial score (nSPS) is 20.6. The average Bonchev–Trinajstić information content (AvgIpc) is 2.78. The molecule has 0 aromatic carbocycles. The zero-order valence-corrected chi connectivity index (χ0v) is 13.5. The SMILES string of the molecule is CCC(CC)C1CN=C(NC(C)C(=O)NC(C)C)S1. The summed E-state index contributed by atoms with van der Waals surface area (Å²) in [6, 6.07) is -0.0543. The Morgan fingerprint density at radius 2 is 2.00 bits per heavy atom. The van der Waals surface area contributed by atoms with E-state index in [1.807, 2.05) is 20.8 Å². The van der Waals surface area contributed by atoms with Crippen LogP contribution in [0.5, 0.6) is 0 Å². The van der Waals surface area contributed by atoms with Crippen molar-refractivity contribution < 1.29 is 4.79 Å². The lowest BCUT2D eigenvalue weighted by molar-refractivity contribution is -0.122. The van der Waals surface area contributed by atoms with Crippen LogP contribution in [0, 0.1) is 5.92 Å². The molecule has 19 heavy (non-hydrogen) atoms. The molecular weight excluding hydrogens is 258 g/mol. The van der Waals surface area contributed by atoms with Gasteiger partial charge in [0.05, 0.1) is 6.54 Å². The number of thioether (sulfide) groups is 1. The smallest absolute Gasteiger partial charge is 0.242 e. The predicted molar refractivity (Wildman–Crippen MR) is 83.6 cm³/mol. The molecule has 2 unspecified atom stereocenters. The molecule has 1 rings (SSSR count). The van der Waals surface area contributed by atoms with Crippen LogP contribution in [0.1, 0.15) is 47.5 Å². The second-order valence-electron chi connectivity index (χ2n) is 5.41. The van der Waals surface area contributed by atoms with Crippen LogP contribution < -0.4 is 10.6 Å². The Kier molecular flexibility index (Phi) is 6.69. The Morgan fingerprint density at radius 3 is 2.53 bits per heavy atom. The Bertz CT molecular complexity index is 327. The summed E-state index contributed by atoms with van der Waals surface area (Å²) in [5.74, 6) is 0.747. The minimum Gasteiger partial charge on any atom is -0.353 e. The summed E-state index contributed by atoms with van der Waals surface area (Å²) in [7, 11) is 0. The summed E-state index contributed by atoms with van der Waals surface area (Å²) in [6.45, 7) is 11.2. The quantitative estimate of drug-likeness (QED) is 0.788. The van der Waals surface area contributed by atoms with Gasteiger partial charge in [0.1, 0.15) is 6.04 Å². The van der Waals surface area contributed by atoms with Gasteiger partial charge in [0, 0.05) is 11.3 Å². The predicted octanol–water partition coefficient (Wildman–Crippen LogP) is 2.40. The summed E-state index contributed by atoms with van der Waals surface area (Å²) in [5.41, 5.74) is 0. The van der Waals surface area contributed by atoms with Gasteiger partial charge >= 0.3 is 0 Å². The van der Waals surface area contributed by atoms with E-state index in [0.29, 0.717) is 11.2 Å². The van der Waals surface area contributed by atoms with E-state index in [9.17, 15) is 4.79 Å². The topological polar surface area (TPSA) is 53.5 Å². The highest BCUT2D eigenvalue weighted by Crippen LogP contribution is 2.30. The fourth-order valence-corrected chi connectivity index (χ4v) is 3.60. The van der Waals surface area contributed by atoms with E-state index in [1.54, 1.807) is 11.8 Å². The highest BCUT2D eigenvalue weighted by Gasteiger charge is 2.27. The van der Waals surface area contributed by atoms with Gasteiger partial charge < -0.3 is 10.6 Å². The third kappa shape index (κ3) is 5.05. The van der Waals surface area contributed by atoms with E-state index in [1.165, 1.54) is 12.8 Å². The second kappa shape index (κ2) is 7.78. The molecule has 0 spiro atoms. The molecule has 1 aliphatic rings. The standard InChI is InChI=1S/C14H27N3OS/c1-6-11(7-2)12-8-15-14(19-12)17-10(5)13(18)16-9(3)4/h9-12H,6-8H2,1-5H3,(H,15,17)(H,16,18). The maximum atomic E-state index is 11.8. The monoisotopic (exact) mass is 285 g/mol. The number of hydrogen-bond donors (Lipinski definition) is 2. The van der Waals surface area contributed by atoms with E-state index in [0.717, 1.165) is 11.7 Å². The molecule has 1 heterocycles. The summed E-state index contributed by atoms with van der Waals surface area (Å²) in [4.78, 5) is 16.4. The van der Waals surface area contributed by atoms with Crippen LogP contribution in [0.15, 0.2) is 4.99 Å². The summed E-state index contributed by atoms with van der Waals surface area (Å²) in [5, 5.41) is 7.61. The lowest BCUT2D eigenvalue weighted by atomic mass is 9.99. The second-order valence-corrected chi connectivity index (χ2v) is 6.64. The summed E-state index contributed by atoms with van der Waals surface area (Å²) in [6.07, 6.45) is 2.39. The number of amides is 1. The Balaban J connectivity index is 2.41. The number of hydrogen-bond acceptors (Lipinski definition) is 4. The zero-order chi connectivity index (χ0) is 14.4. The molecule has 1 amide bonds. The molecule has 0 aliphatic carbocycles.